The Balaban J connectivity index is 2.63. The molecule has 1 nitrogen and oxygen atoms in total. The van der Waals surface area contributed by atoms with E-state index in [1.165, 1.54) is 6.07 Å². The van der Waals surface area contributed by atoms with Crippen LogP contribution in [0.25, 0.3) is 0 Å². The highest BCUT2D eigenvalue weighted by Gasteiger charge is 2.03. The Kier molecular flexibility index (Phi) is 4.85. The highest BCUT2D eigenvalue weighted by Crippen LogP contribution is 2.16. The van der Waals surface area contributed by atoms with Crippen LogP contribution in [0.1, 0.15) is 5.56 Å². The van der Waals surface area contributed by atoms with E-state index in [1.807, 2.05) is 13.1 Å². The minimum atomic E-state index is -0.351. The lowest BCUT2D eigenvalue weighted by atomic mass is 10.2. The third-order valence-electron chi connectivity index (χ3n) is 1.90. The Morgan fingerprint density at radius 3 is 2.79 bits per heavy atom. The number of rotatable bonds is 4. The summed E-state index contributed by atoms with van der Waals surface area (Å²) in [4.78, 5) is 2.11. The van der Waals surface area contributed by atoms with E-state index in [2.05, 4.69) is 20.8 Å². The first-order valence-electron chi connectivity index (χ1n) is 4.32. The maximum absolute atomic E-state index is 13.1. The second-order valence-electron chi connectivity index (χ2n) is 3.18. The fourth-order valence-electron chi connectivity index (χ4n) is 1.17. The molecule has 0 aliphatic heterocycles. The standard InChI is InChI=1S/C10H12BrClFN/c1-14(5-4-11)7-8-2-3-9(12)10(13)6-8/h2-3,6H,4-5,7H2,1H3. The van der Waals surface area contributed by atoms with Crippen molar-refractivity contribution < 1.29 is 4.39 Å². The first-order chi connectivity index (χ1) is 6.63. The normalized spacial score (nSPS) is 10.9. The molecule has 4 heteroatoms. The van der Waals surface area contributed by atoms with E-state index in [0.717, 1.165) is 24.0 Å². The van der Waals surface area contributed by atoms with Crippen molar-refractivity contribution in [3.63, 3.8) is 0 Å². The third-order valence-corrected chi connectivity index (χ3v) is 2.56. The summed E-state index contributed by atoms with van der Waals surface area (Å²) in [5.74, 6) is -0.351. The molecule has 0 spiro atoms. The van der Waals surface area contributed by atoms with Crippen molar-refractivity contribution in [3.05, 3.63) is 34.6 Å². The Morgan fingerprint density at radius 2 is 2.21 bits per heavy atom. The van der Waals surface area contributed by atoms with E-state index in [-0.39, 0.29) is 10.8 Å². The minimum Gasteiger partial charge on any atom is -0.301 e. The van der Waals surface area contributed by atoms with Crippen LogP contribution >= 0.6 is 27.5 Å². The largest absolute Gasteiger partial charge is 0.301 e. The van der Waals surface area contributed by atoms with Gasteiger partial charge < -0.3 is 4.90 Å². The van der Waals surface area contributed by atoms with Gasteiger partial charge in [0.25, 0.3) is 0 Å². The third kappa shape index (κ3) is 3.56. The Labute approximate surface area is 97.0 Å². The van der Waals surface area contributed by atoms with Crippen molar-refractivity contribution in [2.45, 2.75) is 6.54 Å². The van der Waals surface area contributed by atoms with Crippen LogP contribution in [0.5, 0.6) is 0 Å². The lowest BCUT2D eigenvalue weighted by molar-refractivity contribution is 0.349. The van der Waals surface area contributed by atoms with Crippen molar-refractivity contribution in [1.82, 2.24) is 4.90 Å². The molecule has 0 radical (unpaired) electrons. The molecular weight excluding hydrogens is 268 g/mol. The molecule has 0 aromatic heterocycles. The molecule has 0 fully saturated rings. The molecule has 0 N–H and O–H groups in total. The first kappa shape index (κ1) is 12.0. The summed E-state index contributed by atoms with van der Waals surface area (Å²) in [5.41, 5.74) is 0.940. The maximum atomic E-state index is 13.1. The molecule has 78 valence electrons. The van der Waals surface area contributed by atoms with Crippen molar-refractivity contribution in [1.29, 1.82) is 0 Å². The van der Waals surface area contributed by atoms with Crippen molar-refractivity contribution in [3.8, 4) is 0 Å². The van der Waals surface area contributed by atoms with Crippen LogP contribution < -0.4 is 0 Å². The quantitative estimate of drug-likeness (QED) is 0.765. The van der Waals surface area contributed by atoms with Gasteiger partial charge in [0, 0.05) is 18.4 Å². The second kappa shape index (κ2) is 5.69. The molecule has 1 aromatic carbocycles. The summed E-state index contributed by atoms with van der Waals surface area (Å²) >= 11 is 8.93. The predicted octanol–water partition coefficient (Wildman–Crippen LogP) is 3.31. The van der Waals surface area contributed by atoms with Gasteiger partial charge in [-0.2, -0.15) is 0 Å². The molecule has 0 aliphatic rings. The lowest BCUT2D eigenvalue weighted by Gasteiger charge is -2.14. The maximum Gasteiger partial charge on any atom is 0.142 e. The monoisotopic (exact) mass is 279 g/mol. The van der Waals surface area contributed by atoms with E-state index in [4.69, 9.17) is 11.6 Å². The summed E-state index contributed by atoms with van der Waals surface area (Å²) in [6, 6.07) is 4.91. The van der Waals surface area contributed by atoms with E-state index < -0.39 is 0 Å². The molecular formula is C10H12BrClFN. The van der Waals surface area contributed by atoms with Gasteiger partial charge in [-0.3, -0.25) is 0 Å². The van der Waals surface area contributed by atoms with Crippen LogP contribution in [0.4, 0.5) is 4.39 Å². The molecule has 0 saturated carbocycles. The number of alkyl halides is 1. The fourth-order valence-corrected chi connectivity index (χ4v) is 1.90. The van der Waals surface area contributed by atoms with Crippen LogP contribution in [-0.2, 0) is 6.54 Å². The first-order valence-corrected chi connectivity index (χ1v) is 5.82. The predicted molar refractivity (Wildman–Crippen MR) is 61.5 cm³/mol. The van der Waals surface area contributed by atoms with E-state index >= 15 is 0 Å². The Bertz CT molecular complexity index is 306. The minimum absolute atomic E-state index is 0.178. The van der Waals surface area contributed by atoms with Gasteiger partial charge >= 0.3 is 0 Å². The summed E-state index contributed by atoms with van der Waals surface area (Å²) < 4.78 is 13.1. The molecule has 0 unspecified atom stereocenters. The number of hydrogen-bond acceptors (Lipinski definition) is 1. The highest BCUT2D eigenvalue weighted by molar-refractivity contribution is 9.09. The molecule has 0 atom stereocenters. The van der Waals surface area contributed by atoms with Gasteiger partial charge in [0.1, 0.15) is 5.82 Å². The number of hydrogen-bond donors (Lipinski definition) is 0. The van der Waals surface area contributed by atoms with Crippen LogP contribution in [0.3, 0.4) is 0 Å². The van der Waals surface area contributed by atoms with Crippen molar-refractivity contribution >= 4 is 27.5 Å². The average Bonchev–Trinajstić information content (AvgIpc) is 2.12. The van der Waals surface area contributed by atoms with Gasteiger partial charge in [0.05, 0.1) is 5.02 Å². The van der Waals surface area contributed by atoms with E-state index in [0.29, 0.717) is 0 Å². The fraction of sp³-hybridized carbons (Fsp3) is 0.400. The lowest BCUT2D eigenvalue weighted by Crippen LogP contribution is -2.19. The Hall–Kier alpha value is -0.120. The summed E-state index contributed by atoms with van der Waals surface area (Å²) in [6.07, 6.45) is 0. The molecule has 0 bridgehead atoms. The molecule has 0 amide bonds. The zero-order valence-corrected chi connectivity index (χ0v) is 10.3. The topological polar surface area (TPSA) is 3.24 Å². The summed E-state index contributed by atoms with van der Waals surface area (Å²) in [5, 5.41) is 1.09. The molecule has 0 aliphatic carbocycles. The van der Waals surface area contributed by atoms with Gasteiger partial charge in [-0.25, -0.2) is 4.39 Å². The second-order valence-corrected chi connectivity index (χ2v) is 4.38. The smallest absolute Gasteiger partial charge is 0.142 e. The van der Waals surface area contributed by atoms with Crippen molar-refractivity contribution in [2.24, 2.45) is 0 Å². The number of nitrogens with zero attached hydrogens (tertiary/aromatic N) is 1. The van der Waals surface area contributed by atoms with Gasteiger partial charge in [0.15, 0.2) is 0 Å². The van der Waals surface area contributed by atoms with Gasteiger partial charge in [-0.1, -0.05) is 33.6 Å². The molecule has 0 heterocycles. The van der Waals surface area contributed by atoms with E-state index in [9.17, 15) is 4.39 Å². The van der Waals surface area contributed by atoms with Crippen LogP contribution in [0.15, 0.2) is 18.2 Å². The zero-order chi connectivity index (χ0) is 10.6. The van der Waals surface area contributed by atoms with Crippen LogP contribution in [-0.4, -0.2) is 23.8 Å². The van der Waals surface area contributed by atoms with Gasteiger partial charge in [0.2, 0.25) is 0 Å². The van der Waals surface area contributed by atoms with Gasteiger partial charge in [-0.15, -0.1) is 0 Å². The average molecular weight is 281 g/mol. The number of benzene rings is 1. The molecule has 14 heavy (non-hydrogen) atoms. The highest BCUT2D eigenvalue weighted by atomic mass is 79.9. The Morgan fingerprint density at radius 1 is 1.50 bits per heavy atom. The SMILES string of the molecule is CN(CCBr)Cc1ccc(Cl)c(F)c1. The van der Waals surface area contributed by atoms with Crippen LogP contribution in [0, 0.1) is 5.82 Å². The molecule has 1 rings (SSSR count). The number of halogens is 3. The molecule has 1 aromatic rings. The van der Waals surface area contributed by atoms with E-state index in [1.54, 1.807) is 6.07 Å². The summed E-state index contributed by atoms with van der Waals surface area (Å²) in [6.45, 7) is 1.67. The molecule has 0 saturated heterocycles. The summed E-state index contributed by atoms with van der Waals surface area (Å²) in [7, 11) is 1.99. The van der Waals surface area contributed by atoms with Crippen molar-refractivity contribution in [2.75, 3.05) is 18.9 Å². The zero-order valence-electron chi connectivity index (χ0n) is 7.93. The van der Waals surface area contributed by atoms with Crippen LogP contribution in [0.2, 0.25) is 5.02 Å². The van der Waals surface area contributed by atoms with Gasteiger partial charge in [-0.05, 0) is 24.7 Å².